The molecule has 0 aromatic heterocycles. The number of rotatable bonds is 0. The molecule has 3 heteroatoms. The van der Waals surface area contributed by atoms with Gasteiger partial charge >= 0.3 is 0 Å². The highest BCUT2D eigenvalue weighted by Gasteiger charge is 2.10. The third-order valence-corrected chi connectivity index (χ3v) is 0.838. The first-order valence-electron chi connectivity index (χ1n) is 1.79. The van der Waals surface area contributed by atoms with Crippen molar-refractivity contribution in [2.75, 3.05) is 13.2 Å². The van der Waals surface area contributed by atoms with Crippen LogP contribution in [-0.4, -0.2) is 13.2 Å². The van der Waals surface area contributed by atoms with Crippen molar-refractivity contribution in [3.05, 3.63) is 5.69 Å². The van der Waals surface area contributed by atoms with Crippen LogP contribution in [0.3, 0.4) is 0 Å². The van der Waals surface area contributed by atoms with Crippen LogP contribution in [0.1, 0.15) is 0 Å². The maximum Gasteiger partial charge on any atom is 0.255 e. The van der Waals surface area contributed by atoms with Crippen molar-refractivity contribution in [1.82, 2.24) is 5.32 Å². The van der Waals surface area contributed by atoms with Crippen LogP contribution < -0.4 is 5.32 Å². The van der Waals surface area contributed by atoms with Crippen LogP contribution >= 0.6 is 11.6 Å². The van der Waals surface area contributed by atoms with Crippen LogP contribution in [0.5, 0.6) is 0 Å². The normalized spacial score (nSPS) is 25.5. The van der Waals surface area contributed by atoms with E-state index in [4.69, 9.17) is 16.3 Å². The fourth-order valence-corrected chi connectivity index (χ4v) is 0.513. The van der Waals surface area contributed by atoms with E-state index in [0.717, 1.165) is 6.54 Å². The molecule has 1 aliphatic rings. The smallest absolute Gasteiger partial charge is 0.255 e. The first-order valence-corrected chi connectivity index (χ1v) is 2.16. The van der Waals surface area contributed by atoms with E-state index in [-0.39, 0.29) is 0 Å². The largest absolute Gasteiger partial charge is 0.341 e. The summed E-state index contributed by atoms with van der Waals surface area (Å²) in [5.41, 5.74) is 0.426. The van der Waals surface area contributed by atoms with Gasteiger partial charge < -0.3 is 4.74 Å². The zero-order chi connectivity index (χ0) is 4.41. The van der Waals surface area contributed by atoms with E-state index in [1.165, 1.54) is 0 Å². The minimum Gasteiger partial charge on any atom is -0.341 e. The Hall–Kier alpha value is 0.210. The number of hydrogen-bond acceptors (Lipinski definition) is 2. The Morgan fingerprint density at radius 3 is 2.83 bits per heavy atom. The minimum absolute atomic E-state index is 0.426. The second-order valence-electron chi connectivity index (χ2n) is 1.05. The van der Waals surface area contributed by atoms with E-state index < -0.39 is 0 Å². The molecule has 35 valence electrons. The highest BCUT2D eigenvalue weighted by atomic mass is 35.5. The molecule has 0 amide bonds. The highest BCUT2D eigenvalue weighted by Crippen LogP contribution is 2.06. The maximum absolute atomic E-state index is 5.30. The molecule has 6 heavy (non-hydrogen) atoms. The van der Waals surface area contributed by atoms with Crippen molar-refractivity contribution in [2.45, 2.75) is 0 Å². The Bertz CT molecular complexity index is 44.1. The van der Waals surface area contributed by atoms with Crippen LogP contribution in [0.2, 0.25) is 0 Å². The van der Waals surface area contributed by atoms with Gasteiger partial charge in [0.15, 0.2) is 0 Å². The van der Waals surface area contributed by atoms with E-state index in [9.17, 15) is 0 Å². The Labute approximate surface area is 41.4 Å². The molecule has 0 atom stereocenters. The maximum atomic E-state index is 5.30. The first kappa shape index (κ1) is 4.37. The number of hydrogen-bond donors (Lipinski definition) is 1. The lowest BCUT2D eigenvalue weighted by atomic mass is 10.7. The van der Waals surface area contributed by atoms with Crippen molar-refractivity contribution in [3.63, 3.8) is 0 Å². The SMILES string of the molecule is Cl[C]1NCCO1. The summed E-state index contributed by atoms with van der Waals surface area (Å²) >= 11 is 5.30. The van der Waals surface area contributed by atoms with E-state index in [1.54, 1.807) is 0 Å². The molecule has 0 bridgehead atoms. The average Bonchev–Trinajstić information content (AvgIpc) is 1.86. The van der Waals surface area contributed by atoms with Crippen LogP contribution in [0.25, 0.3) is 0 Å². The molecule has 0 aromatic rings. The third kappa shape index (κ3) is 0.834. The second-order valence-corrected chi connectivity index (χ2v) is 1.39. The van der Waals surface area contributed by atoms with Crippen molar-refractivity contribution in [3.8, 4) is 0 Å². The fourth-order valence-electron chi connectivity index (χ4n) is 0.341. The summed E-state index contributed by atoms with van der Waals surface area (Å²) in [5, 5.41) is 2.78. The molecule has 0 aliphatic carbocycles. The monoisotopic (exact) mass is 106 g/mol. The number of ether oxygens (including phenoxy) is 1. The summed E-state index contributed by atoms with van der Waals surface area (Å²) in [4.78, 5) is 0. The van der Waals surface area contributed by atoms with Crippen LogP contribution in [0.4, 0.5) is 0 Å². The zero-order valence-electron chi connectivity index (χ0n) is 3.20. The second kappa shape index (κ2) is 1.78. The predicted octanol–water partition coefficient (Wildman–Crippen LogP) is 0.292. The van der Waals surface area contributed by atoms with Gasteiger partial charge in [0.25, 0.3) is 5.69 Å². The molecule has 0 unspecified atom stereocenters. The van der Waals surface area contributed by atoms with Gasteiger partial charge in [-0.15, -0.1) is 0 Å². The van der Waals surface area contributed by atoms with Crippen LogP contribution in [-0.2, 0) is 4.74 Å². The first-order chi connectivity index (χ1) is 2.89. The van der Waals surface area contributed by atoms with Gasteiger partial charge in [-0.05, 0) is 0 Å². The molecule has 1 heterocycles. The predicted molar refractivity (Wildman–Crippen MR) is 23.1 cm³/mol. The average molecular weight is 107 g/mol. The van der Waals surface area contributed by atoms with Crippen molar-refractivity contribution in [1.29, 1.82) is 0 Å². The van der Waals surface area contributed by atoms with Crippen LogP contribution in [0, 0.1) is 5.69 Å². The molecule has 1 rings (SSSR count). The van der Waals surface area contributed by atoms with Gasteiger partial charge in [-0.3, -0.25) is 5.32 Å². The van der Waals surface area contributed by atoms with Crippen molar-refractivity contribution in [2.24, 2.45) is 0 Å². The van der Waals surface area contributed by atoms with Gasteiger partial charge in [0.1, 0.15) is 0 Å². The van der Waals surface area contributed by atoms with Crippen molar-refractivity contribution >= 4 is 11.6 Å². The lowest BCUT2D eigenvalue weighted by Crippen LogP contribution is -2.06. The molecule has 1 radical (unpaired) electrons. The quantitative estimate of drug-likeness (QED) is 0.449. The molecule has 1 saturated heterocycles. The molecule has 0 saturated carbocycles. The molecule has 1 N–H and O–H groups in total. The van der Waals surface area contributed by atoms with E-state index in [1.807, 2.05) is 0 Å². The molecule has 0 spiro atoms. The Morgan fingerprint density at radius 1 is 1.83 bits per heavy atom. The Balaban J connectivity index is 2.18. The molecular weight excluding hydrogens is 101 g/mol. The molecule has 0 aromatic carbocycles. The summed E-state index contributed by atoms with van der Waals surface area (Å²) in [6.45, 7) is 1.55. The van der Waals surface area contributed by atoms with Gasteiger partial charge in [0.05, 0.1) is 6.61 Å². The number of halogens is 1. The summed E-state index contributed by atoms with van der Waals surface area (Å²) < 4.78 is 4.72. The van der Waals surface area contributed by atoms with Gasteiger partial charge in [-0.25, -0.2) is 0 Å². The summed E-state index contributed by atoms with van der Waals surface area (Å²) in [7, 11) is 0. The molecule has 2 nitrogen and oxygen atoms in total. The van der Waals surface area contributed by atoms with Gasteiger partial charge in [-0.1, -0.05) is 11.6 Å². The van der Waals surface area contributed by atoms with Crippen LogP contribution in [0.15, 0.2) is 0 Å². The minimum atomic E-state index is 0.426. The summed E-state index contributed by atoms with van der Waals surface area (Å²) in [6, 6.07) is 0. The molecule has 1 fully saturated rings. The lowest BCUT2D eigenvalue weighted by molar-refractivity contribution is 0.236. The van der Waals surface area contributed by atoms with Gasteiger partial charge in [0.2, 0.25) is 0 Å². The van der Waals surface area contributed by atoms with E-state index in [0.29, 0.717) is 12.3 Å². The topological polar surface area (TPSA) is 21.3 Å². The highest BCUT2D eigenvalue weighted by molar-refractivity contribution is 6.25. The lowest BCUT2D eigenvalue weighted by Gasteiger charge is -1.89. The van der Waals surface area contributed by atoms with Gasteiger partial charge in [-0.2, -0.15) is 0 Å². The molecular formula is C3H5ClNO. The van der Waals surface area contributed by atoms with E-state index >= 15 is 0 Å². The summed E-state index contributed by atoms with van der Waals surface area (Å²) in [5.74, 6) is 0. The summed E-state index contributed by atoms with van der Waals surface area (Å²) in [6.07, 6.45) is 0. The number of nitrogens with one attached hydrogen (secondary N) is 1. The van der Waals surface area contributed by atoms with Gasteiger partial charge in [0, 0.05) is 6.54 Å². The van der Waals surface area contributed by atoms with Crippen molar-refractivity contribution < 1.29 is 4.74 Å². The Kier molecular flexibility index (Phi) is 1.29. The standard InChI is InChI=1S/C3H5ClNO/c4-3-5-1-2-6-3/h5H,1-2H2. The third-order valence-electron chi connectivity index (χ3n) is 0.595. The van der Waals surface area contributed by atoms with E-state index in [2.05, 4.69) is 5.32 Å². The zero-order valence-corrected chi connectivity index (χ0v) is 3.96. The Morgan fingerprint density at radius 2 is 2.67 bits per heavy atom. The fraction of sp³-hybridized carbons (Fsp3) is 0.667. The molecule has 1 aliphatic heterocycles.